The van der Waals surface area contributed by atoms with E-state index >= 15 is 0 Å². The number of nitrogens with zero attached hydrogens (tertiary/aromatic N) is 2. The van der Waals surface area contributed by atoms with Crippen molar-refractivity contribution in [1.82, 2.24) is 0 Å². The van der Waals surface area contributed by atoms with Crippen molar-refractivity contribution in [2.75, 3.05) is 0 Å². The summed E-state index contributed by atoms with van der Waals surface area (Å²) in [6, 6.07) is 21.9. The summed E-state index contributed by atoms with van der Waals surface area (Å²) >= 11 is 0. The summed E-state index contributed by atoms with van der Waals surface area (Å²) in [4.78, 5) is 0. The molecule has 4 nitrogen and oxygen atoms in total. The van der Waals surface area contributed by atoms with E-state index in [0.717, 1.165) is 11.1 Å². The zero-order chi connectivity index (χ0) is 18.2. The summed E-state index contributed by atoms with van der Waals surface area (Å²) in [5.41, 5.74) is 3.19. The van der Waals surface area contributed by atoms with Crippen molar-refractivity contribution in [2.24, 2.45) is 10.2 Å². The van der Waals surface area contributed by atoms with Crippen LogP contribution in [0, 0.1) is 0 Å². The average molecular weight is 342 g/mol. The van der Waals surface area contributed by atoms with Crippen molar-refractivity contribution in [3.8, 4) is 11.5 Å². The maximum Gasteiger partial charge on any atom is 0.146 e. The van der Waals surface area contributed by atoms with Gasteiger partial charge in [-0.05, 0) is 35.4 Å². The molecule has 0 saturated carbocycles. The summed E-state index contributed by atoms with van der Waals surface area (Å²) in [6.45, 7) is 0. The lowest BCUT2D eigenvalue weighted by Crippen LogP contribution is -1.71. The highest BCUT2D eigenvalue weighted by molar-refractivity contribution is 5.58. The Kier molecular flexibility index (Phi) is 5.58. The maximum absolute atomic E-state index is 9.69. The minimum Gasteiger partial charge on any atom is -0.508 e. The maximum atomic E-state index is 9.69. The first-order valence-electron chi connectivity index (χ1n) is 8.14. The van der Waals surface area contributed by atoms with Gasteiger partial charge in [-0.2, -0.15) is 5.11 Å². The molecule has 0 atom stereocenters. The zero-order valence-electron chi connectivity index (χ0n) is 14.0. The predicted octanol–water partition coefficient (Wildman–Crippen LogP) is 6.24. The molecule has 0 heterocycles. The minimum absolute atomic E-state index is 0.0149. The summed E-state index contributed by atoms with van der Waals surface area (Å²) in [5.74, 6) is -0.127. The number of aromatic hydroxyl groups is 2. The van der Waals surface area contributed by atoms with Gasteiger partial charge in [0.2, 0.25) is 0 Å². The van der Waals surface area contributed by atoms with E-state index in [9.17, 15) is 10.2 Å². The Morgan fingerprint density at radius 2 is 1.31 bits per heavy atom. The molecule has 0 aliphatic carbocycles. The fourth-order valence-electron chi connectivity index (χ4n) is 2.26. The topological polar surface area (TPSA) is 65.2 Å². The second-order valence-electron chi connectivity index (χ2n) is 5.59. The summed E-state index contributed by atoms with van der Waals surface area (Å²) in [5, 5.41) is 27.0. The van der Waals surface area contributed by atoms with Gasteiger partial charge in [0.15, 0.2) is 0 Å². The van der Waals surface area contributed by atoms with Gasteiger partial charge in [0.05, 0.1) is 5.69 Å². The van der Waals surface area contributed by atoms with Crippen LogP contribution in [0.3, 0.4) is 0 Å². The van der Waals surface area contributed by atoms with E-state index in [-0.39, 0.29) is 11.5 Å². The van der Waals surface area contributed by atoms with Crippen LogP contribution in [0.4, 0.5) is 11.4 Å². The number of hydrogen-bond acceptors (Lipinski definition) is 4. The van der Waals surface area contributed by atoms with Crippen molar-refractivity contribution < 1.29 is 10.2 Å². The van der Waals surface area contributed by atoms with Crippen molar-refractivity contribution in [3.05, 3.63) is 96.1 Å². The Morgan fingerprint density at radius 3 is 1.96 bits per heavy atom. The Labute approximate surface area is 152 Å². The van der Waals surface area contributed by atoms with Crippen molar-refractivity contribution in [2.45, 2.75) is 0 Å². The van der Waals surface area contributed by atoms with E-state index in [1.165, 1.54) is 18.2 Å². The molecule has 0 fully saturated rings. The number of phenolic OH excluding ortho intramolecular Hbond substituents is 2. The van der Waals surface area contributed by atoms with Gasteiger partial charge in [-0.15, -0.1) is 5.11 Å². The molecule has 26 heavy (non-hydrogen) atoms. The third kappa shape index (κ3) is 4.92. The Morgan fingerprint density at radius 1 is 0.654 bits per heavy atom. The van der Waals surface area contributed by atoms with Crippen molar-refractivity contribution >= 4 is 23.5 Å². The predicted molar refractivity (Wildman–Crippen MR) is 105 cm³/mol. The fourth-order valence-corrected chi connectivity index (χ4v) is 2.26. The van der Waals surface area contributed by atoms with Crippen LogP contribution in [0.2, 0.25) is 0 Å². The van der Waals surface area contributed by atoms with Crippen LogP contribution in [-0.2, 0) is 0 Å². The van der Waals surface area contributed by atoms with Crippen molar-refractivity contribution in [3.63, 3.8) is 0 Å². The van der Waals surface area contributed by atoms with Gasteiger partial charge in [0.25, 0.3) is 0 Å². The van der Waals surface area contributed by atoms with Crippen LogP contribution in [-0.4, -0.2) is 10.2 Å². The summed E-state index contributed by atoms with van der Waals surface area (Å²) in [6.07, 6.45) is 8.03. The minimum atomic E-state index is -0.112. The third-order valence-electron chi connectivity index (χ3n) is 3.61. The highest BCUT2D eigenvalue weighted by Crippen LogP contribution is 2.31. The number of hydrogen-bond donors (Lipinski definition) is 2. The standard InChI is InChI=1S/C22H18N2O2/c25-20-14-15-21(22(26)16-20)24-23-19-12-10-18(11-13-19)9-5-4-8-17-6-2-1-3-7-17/h1-16,25-26H/b8-4+,9-5+,24-23?. The highest BCUT2D eigenvalue weighted by atomic mass is 16.3. The molecule has 0 spiro atoms. The first-order chi connectivity index (χ1) is 12.7. The number of phenols is 2. The quantitative estimate of drug-likeness (QED) is 0.426. The van der Waals surface area contributed by atoms with Gasteiger partial charge in [-0.1, -0.05) is 66.8 Å². The van der Waals surface area contributed by atoms with E-state index in [1.807, 2.05) is 66.8 Å². The lowest BCUT2D eigenvalue weighted by molar-refractivity contribution is 0.451. The lowest BCUT2D eigenvalue weighted by atomic mass is 10.2. The van der Waals surface area contributed by atoms with E-state index in [2.05, 4.69) is 22.4 Å². The van der Waals surface area contributed by atoms with Crippen LogP contribution in [0.15, 0.2) is 95.2 Å². The molecule has 0 aromatic heterocycles. The van der Waals surface area contributed by atoms with Crippen LogP contribution in [0.5, 0.6) is 11.5 Å². The van der Waals surface area contributed by atoms with Gasteiger partial charge >= 0.3 is 0 Å². The largest absolute Gasteiger partial charge is 0.508 e. The molecule has 3 aromatic carbocycles. The average Bonchev–Trinajstić information content (AvgIpc) is 2.66. The monoisotopic (exact) mass is 342 g/mol. The molecular formula is C22H18N2O2. The van der Waals surface area contributed by atoms with Gasteiger partial charge < -0.3 is 10.2 Å². The van der Waals surface area contributed by atoms with Gasteiger partial charge in [-0.25, -0.2) is 0 Å². The highest BCUT2D eigenvalue weighted by Gasteiger charge is 2.00. The summed E-state index contributed by atoms with van der Waals surface area (Å²) in [7, 11) is 0. The van der Waals surface area contributed by atoms with E-state index in [0.29, 0.717) is 11.4 Å². The number of azo groups is 1. The molecule has 0 radical (unpaired) electrons. The second-order valence-corrected chi connectivity index (χ2v) is 5.59. The van der Waals surface area contributed by atoms with Gasteiger partial charge in [0.1, 0.15) is 17.2 Å². The smallest absolute Gasteiger partial charge is 0.146 e. The molecule has 128 valence electrons. The molecule has 0 aliphatic heterocycles. The first kappa shape index (κ1) is 17.2. The van der Waals surface area contributed by atoms with Crippen molar-refractivity contribution in [1.29, 1.82) is 0 Å². The molecule has 2 N–H and O–H groups in total. The van der Waals surface area contributed by atoms with Gasteiger partial charge in [-0.3, -0.25) is 0 Å². The molecule has 0 aliphatic rings. The normalized spacial score (nSPS) is 11.7. The number of allylic oxidation sites excluding steroid dienone is 2. The first-order valence-corrected chi connectivity index (χ1v) is 8.14. The lowest BCUT2D eigenvalue weighted by Gasteiger charge is -1.98. The molecule has 0 saturated heterocycles. The summed E-state index contributed by atoms with van der Waals surface area (Å²) < 4.78 is 0. The Bertz CT molecular complexity index is 944. The van der Waals surface area contributed by atoms with E-state index in [1.54, 1.807) is 0 Å². The van der Waals surface area contributed by atoms with Crippen LogP contribution >= 0.6 is 0 Å². The van der Waals surface area contributed by atoms with Crippen LogP contribution < -0.4 is 0 Å². The molecule has 0 amide bonds. The van der Waals surface area contributed by atoms with Crippen LogP contribution in [0.1, 0.15) is 11.1 Å². The Balaban J connectivity index is 1.62. The SMILES string of the molecule is Oc1ccc(N=Nc2ccc(/C=C/C=C/c3ccccc3)cc2)c(O)c1. The molecular weight excluding hydrogens is 324 g/mol. The third-order valence-corrected chi connectivity index (χ3v) is 3.61. The second kappa shape index (κ2) is 8.44. The molecule has 0 bridgehead atoms. The van der Waals surface area contributed by atoms with E-state index in [4.69, 9.17) is 0 Å². The Hall–Kier alpha value is -3.66. The molecule has 4 heteroatoms. The molecule has 3 aromatic rings. The molecule has 3 rings (SSSR count). The molecule has 0 unspecified atom stereocenters. The zero-order valence-corrected chi connectivity index (χ0v) is 14.0. The van der Waals surface area contributed by atoms with E-state index < -0.39 is 0 Å². The number of rotatable bonds is 5. The van der Waals surface area contributed by atoms with Gasteiger partial charge in [0, 0.05) is 6.07 Å². The van der Waals surface area contributed by atoms with Crippen LogP contribution in [0.25, 0.3) is 12.2 Å². The fraction of sp³-hybridized carbons (Fsp3) is 0. The number of benzene rings is 3.